The predicted molar refractivity (Wildman–Crippen MR) is 70.7 cm³/mol. The van der Waals surface area contributed by atoms with Crippen LogP contribution in [0.25, 0.3) is 0 Å². The van der Waals surface area contributed by atoms with E-state index in [4.69, 9.17) is 16.7 Å². The molecule has 0 radical (unpaired) electrons. The fourth-order valence-electron chi connectivity index (χ4n) is 1.47. The normalized spacial score (nSPS) is 11.4. The van der Waals surface area contributed by atoms with Crippen molar-refractivity contribution in [3.8, 4) is 0 Å². The topological polar surface area (TPSA) is 49.3 Å². The number of rotatable bonds is 5. The quantitative estimate of drug-likeness (QED) is 0.790. The second-order valence-corrected chi connectivity index (χ2v) is 4.09. The van der Waals surface area contributed by atoms with Crippen LogP contribution in [0.15, 0.2) is 29.8 Å². The first-order valence-electron chi connectivity index (χ1n) is 5.47. The molecule has 0 aliphatic carbocycles. The van der Waals surface area contributed by atoms with E-state index in [2.05, 4.69) is 5.32 Å². The summed E-state index contributed by atoms with van der Waals surface area (Å²) in [5.74, 6) is -0.864. The molecule has 0 spiro atoms. The largest absolute Gasteiger partial charge is 0.478 e. The van der Waals surface area contributed by atoms with Crippen LogP contribution >= 0.6 is 11.6 Å². The van der Waals surface area contributed by atoms with Gasteiger partial charge >= 0.3 is 5.97 Å². The number of hydrogen-bond donors (Lipinski definition) is 2. The third-order valence-corrected chi connectivity index (χ3v) is 2.97. The molecular formula is C13H16ClNO2. The summed E-state index contributed by atoms with van der Waals surface area (Å²) in [6, 6.07) is 5.60. The maximum atomic E-state index is 10.8. The third kappa shape index (κ3) is 3.79. The standard InChI is InChI=1S/C13H16ClNO2/c1-3-10(13(16)17)7-8-15-12-6-4-5-11(14)9(12)2/h4-7,15H,3,8H2,1-2H3,(H,16,17)/b10-7-. The van der Waals surface area contributed by atoms with Crippen molar-refractivity contribution in [1.82, 2.24) is 0 Å². The van der Waals surface area contributed by atoms with Gasteiger partial charge in [0.15, 0.2) is 0 Å². The van der Waals surface area contributed by atoms with Gasteiger partial charge in [-0.3, -0.25) is 0 Å². The van der Waals surface area contributed by atoms with Crippen molar-refractivity contribution >= 4 is 23.3 Å². The molecule has 0 heterocycles. The Kier molecular flexibility index (Phi) is 5.04. The maximum absolute atomic E-state index is 10.8. The summed E-state index contributed by atoms with van der Waals surface area (Å²) in [7, 11) is 0. The van der Waals surface area contributed by atoms with Gasteiger partial charge in [-0.25, -0.2) is 4.79 Å². The Morgan fingerprint density at radius 3 is 2.82 bits per heavy atom. The molecule has 17 heavy (non-hydrogen) atoms. The summed E-state index contributed by atoms with van der Waals surface area (Å²) in [6.45, 7) is 4.23. The molecule has 0 saturated carbocycles. The summed E-state index contributed by atoms with van der Waals surface area (Å²) >= 11 is 5.98. The lowest BCUT2D eigenvalue weighted by molar-refractivity contribution is -0.132. The number of aliphatic carboxylic acids is 1. The zero-order chi connectivity index (χ0) is 12.8. The third-order valence-electron chi connectivity index (χ3n) is 2.56. The maximum Gasteiger partial charge on any atom is 0.331 e. The van der Waals surface area contributed by atoms with Crippen molar-refractivity contribution in [2.45, 2.75) is 20.3 Å². The van der Waals surface area contributed by atoms with E-state index in [0.29, 0.717) is 23.6 Å². The zero-order valence-corrected chi connectivity index (χ0v) is 10.7. The van der Waals surface area contributed by atoms with E-state index in [1.807, 2.05) is 32.0 Å². The van der Waals surface area contributed by atoms with Crippen LogP contribution in [0.2, 0.25) is 5.02 Å². The van der Waals surface area contributed by atoms with E-state index in [9.17, 15) is 4.79 Å². The molecule has 0 atom stereocenters. The molecule has 1 aromatic rings. The number of carboxylic acid groups (broad SMARTS) is 1. The Bertz CT molecular complexity index is 441. The number of halogens is 1. The number of benzene rings is 1. The van der Waals surface area contributed by atoms with Gasteiger partial charge in [0.05, 0.1) is 0 Å². The lowest BCUT2D eigenvalue weighted by atomic mass is 10.2. The smallest absolute Gasteiger partial charge is 0.331 e. The molecule has 92 valence electrons. The highest BCUT2D eigenvalue weighted by atomic mass is 35.5. The van der Waals surface area contributed by atoms with Crippen LogP contribution in [0.5, 0.6) is 0 Å². The fourth-order valence-corrected chi connectivity index (χ4v) is 1.64. The first kappa shape index (κ1) is 13.6. The molecule has 0 fully saturated rings. The van der Waals surface area contributed by atoms with Gasteiger partial charge in [-0.1, -0.05) is 30.7 Å². The van der Waals surface area contributed by atoms with E-state index in [0.717, 1.165) is 11.3 Å². The monoisotopic (exact) mass is 253 g/mol. The van der Waals surface area contributed by atoms with E-state index in [-0.39, 0.29) is 0 Å². The van der Waals surface area contributed by atoms with Gasteiger partial charge in [0, 0.05) is 22.8 Å². The average molecular weight is 254 g/mol. The minimum atomic E-state index is -0.864. The van der Waals surface area contributed by atoms with Gasteiger partial charge < -0.3 is 10.4 Å². The summed E-state index contributed by atoms with van der Waals surface area (Å²) in [6.07, 6.45) is 2.20. The minimum Gasteiger partial charge on any atom is -0.478 e. The molecule has 0 aliphatic rings. The van der Waals surface area contributed by atoms with Gasteiger partial charge in [0.2, 0.25) is 0 Å². The number of hydrogen-bond acceptors (Lipinski definition) is 2. The van der Waals surface area contributed by atoms with Crippen LogP contribution in [0, 0.1) is 6.92 Å². The Hall–Kier alpha value is -1.48. The summed E-state index contributed by atoms with van der Waals surface area (Å²) in [5, 5.41) is 12.7. The molecule has 0 unspecified atom stereocenters. The first-order chi connectivity index (χ1) is 8.06. The van der Waals surface area contributed by atoms with Crippen molar-refractivity contribution in [2.24, 2.45) is 0 Å². The molecule has 0 aromatic heterocycles. The van der Waals surface area contributed by atoms with Crippen molar-refractivity contribution in [1.29, 1.82) is 0 Å². The molecule has 2 N–H and O–H groups in total. The highest BCUT2D eigenvalue weighted by molar-refractivity contribution is 6.31. The van der Waals surface area contributed by atoms with Gasteiger partial charge in [-0.05, 0) is 31.0 Å². The van der Waals surface area contributed by atoms with Crippen molar-refractivity contribution < 1.29 is 9.90 Å². The second-order valence-electron chi connectivity index (χ2n) is 3.68. The average Bonchev–Trinajstić information content (AvgIpc) is 2.29. The summed E-state index contributed by atoms with van der Waals surface area (Å²) in [4.78, 5) is 10.8. The van der Waals surface area contributed by atoms with Crippen molar-refractivity contribution in [2.75, 3.05) is 11.9 Å². The van der Waals surface area contributed by atoms with Crippen LogP contribution in [-0.2, 0) is 4.79 Å². The van der Waals surface area contributed by atoms with E-state index >= 15 is 0 Å². The molecule has 0 aliphatic heterocycles. The van der Waals surface area contributed by atoms with Crippen LogP contribution in [0.4, 0.5) is 5.69 Å². The van der Waals surface area contributed by atoms with Gasteiger partial charge in [-0.2, -0.15) is 0 Å². The molecule has 3 nitrogen and oxygen atoms in total. The molecule has 4 heteroatoms. The Labute approximate surface area is 106 Å². The van der Waals surface area contributed by atoms with E-state index in [1.54, 1.807) is 6.08 Å². The SMILES string of the molecule is CC/C(=C/CNc1cccc(Cl)c1C)C(=O)O. The summed E-state index contributed by atoms with van der Waals surface area (Å²) < 4.78 is 0. The highest BCUT2D eigenvalue weighted by Gasteiger charge is 2.04. The number of carboxylic acids is 1. The number of nitrogens with one attached hydrogen (secondary N) is 1. The first-order valence-corrected chi connectivity index (χ1v) is 5.85. The minimum absolute atomic E-state index is 0.414. The van der Waals surface area contributed by atoms with Crippen LogP contribution < -0.4 is 5.32 Å². The van der Waals surface area contributed by atoms with E-state index < -0.39 is 5.97 Å². The van der Waals surface area contributed by atoms with Gasteiger partial charge in [-0.15, -0.1) is 0 Å². The van der Waals surface area contributed by atoms with E-state index in [1.165, 1.54) is 0 Å². The lowest BCUT2D eigenvalue weighted by Crippen LogP contribution is -2.05. The number of carbonyl (C=O) groups is 1. The van der Waals surface area contributed by atoms with Crippen molar-refractivity contribution in [3.63, 3.8) is 0 Å². The molecule has 1 aromatic carbocycles. The number of anilines is 1. The van der Waals surface area contributed by atoms with Crippen LogP contribution in [0.3, 0.4) is 0 Å². The molecule has 0 bridgehead atoms. The second kappa shape index (κ2) is 6.30. The van der Waals surface area contributed by atoms with Gasteiger partial charge in [0.25, 0.3) is 0 Å². The molecule has 1 rings (SSSR count). The lowest BCUT2D eigenvalue weighted by Gasteiger charge is -2.09. The predicted octanol–water partition coefficient (Wildman–Crippen LogP) is 3.48. The zero-order valence-electron chi connectivity index (χ0n) is 9.96. The Morgan fingerprint density at radius 1 is 1.53 bits per heavy atom. The Balaban J connectivity index is 2.68. The fraction of sp³-hybridized carbons (Fsp3) is 0.308. The van der Waals surface area contributed by atoms with Crippen LogP contribution in [-0.4, -0.2) is 17.6 Å². The van der Waals surface area contributed by atoms with Crippen molar-refractivity contribution in [3.05, 3.63) is 40.4 Å². The molecule has 0 saturated heterocycles. The molecule has 0 amide bonds. The molecular weight excluding hydrogens is 238 g/mol. The Morgan fingerprint density at radius 2 is 2.24 bits per heavy atom. The van der Waals surface area contributed by atoms with Gasteiger partial charge in [0.1, 0.15) is 0 Å². The summed E-state index contributed by atoms with van der Waals surface area (Å²) in [5.41, 5.74) is 2.31. The van der Waals surface area contributed by atoms with Crippen LogP contribution in [0.1, 0.15) is 18.9 Å². The highest BCUT2D eigenvalue weighted by Crippen LogP contribution is 2.22.